The minimum atomic E-state index is -0.419. The van der Waals surface area contributed by atoms with Crippen LogP contribution in [-0.4, -0.2) is 15.3 Å². The molecule has 0 fully saturated rings. The molecule has 0 amide bonds. The topological polar surface area (TPSA) is 90.9 Å². The Morgan fingerprint density at radius 3 is 2.27 bits per heavy atom. The zero-order chi connectivity index (χ0) is 19.1. The maximum atomic E-state index is 12.6. The molecule has 3 N–H and O–H groups in total. The fourth-order valence-corrected chi connectivity index (χ4v) is 2.57. The molecule has 0 unspecified atom stereocenters. The number of rotatable bonds is 2. The number of phenolic OH excluding ortho intramolecular Hbond substituents is 3. The van der Waals surface area contributed by atoms with E-state index in [1.807, 2.05) is 26.8 Å². The summed E-state index contributed by atoms with van der Waals surface area (Å²) in [5.41, 5.74) is 0.289. The molecule has 0 aliphatic rings. The van der Waals surface area contributed by atoms with Gasteiger partial charge in [0.1, 0.15) is 34.0 Å². The van der Waals surface area contributed by atoms with E-state index < -0.39 is 5.43 Å². The Labute approximate surface area is 150 Å². The van der Waals surface area contributed by atoms with Crippen LogP contribution in [0, 0.1) is 5.41 Å². The smallest absolute Gasteiger partial charge is 0.197 e. The fraction of sp³-hybridized carbons (Fsp3) is 0.190. The molecule has 1 heterocycles. The normalized spacial score (nSPS) is 12.1. The molecule has 26 heavy (non-hydrogen) atoms. The molecule has 2 aromatic carbocycles. The summed E-state index contributed by atoms with van der Waals surface area (Å²) in [5, 5.41) is 30.2. The Morgan fingerprint density at radius 1 is 1.00 bits per heavy atom. The van der Waals surface area contributed by atoms with Gasteiger partial charge in [-0.2, -0.15) is 0 Å². The lowest BCUT2D eigenvalue weighted by Crippen LogP contribution is -2.02. The molecule has 0 radical (unpaired) electrons. The second kappa shape index (κ2) is 6.26. The first-order valence-corrected chi connectivity index (χ1v) is 8.17. The van der Waals surface area contributed by atoms with Gasteiger partial charge in [-0.15, -0.1) is 0 Å². The molecule has 0 spiro atoms. The molecule has 5 nitrogen and oxygen atoms in total. The van der Waals surface area contributed by atoms with Crippen molar-refractivity contribution in [1.82, 2.24) is 0 Å². The van der Waals surface area contributed by atoms with E-state index in [0.717, 1.165) is 0 Å². The summed E-state index contributed by atoms with van der Waals surface area (Å²) >= 11 is 0. The van der Waals surface area contributed by atoms with Gasteiger partial charge in [-0.3, -0.25) is 4.79 Å². The number of hydrogen-bond donors (Lipinski definition) is 3. The summed E-state index contributed by atoms with van der Waals surface area (Å²) < 4.78 is 5.70. The lowest BCUT2D eigenvalue weighted by Gasteiger charge is -2.13. The predicted molar refractivity (Wildman–Crippen MR) is 101 cm³/mol. The summed E-state index contributed by atoms with van der Waals surface area (Å²) in [6.07, 6.45) is 3.43. The average molecular weight is 352 g/mol. The van der Waals surface area contributed by atoms with Gasteiger partial charge < -0.3 is 19.7 Å². The lowest BCUT2D eigenvalue weighted by molar-refractivity contribution is 0.450. The van der Waals surface area contributed by atoms with Crippen molar-refractivity contribution in [2.45, 2.75) is 20.8 Å². The van der Waals surface area contributed by atoms with E-state index >= 15 is 0 Å². The SMILES string of the molecule is CC(C)(C)/C=C/c1c(O)cc2oc(-c3ccc(O)cc3)cc(=O)c2c1O. The molecule has 0 bridgehead atoms. The van der Waals surface area contributed by atoms with E-state index in [1.54, 1.807) is 18.2 Å². The Kier molecular flexibility index (Phi) is 4.24. The number of hydrogen-bond acceptors (Lipinski definition) is 5. The third kappa shape index (κ3) is 3.42. The van der Waals surface area contributed by atoms with Crippen LogP contribution in [0.1, 0.15) is 26.3 Å². The quantitative estimate of drug-likeness (QED) is 0.625. The molecule has 134 valence electrons. The average Bonchev–Trinajstić information content (AvgIpc) is 2.53. The summed E-state index contributed by atoms with van der Waals surface area (Å²) in [6.45, 7) is 5.95. The Bertz CT molecular complexity index is 1050. The van der Waals surface area contributed by atoms with Crippen LogP contribution in [0.2, 0.25) is 0 Å². The second-order valence-corrected chi connectivity index (χ2v) is 7.25. The molecule has 1 aromatic heterocycles. The van der Waals surface area contributed by atoms with Gasteiger partial charge >= 0.3 is 0 Å². The molecule has 0 saturated carbocycles. The van der Waals surface area contributed by atoms with Crippen LogP contribution < -0.4 is 5.43 Å². The molecule has 0 aliphatic carbocycles. The Morgan fingerprint density at radius 2 is 1.65 bits per heavy atom. The highest BCUT2D eigenvalue weighted by Gasteiger charge is 2.17. The minimum absolute atomic E-state index is 0.0129. The van der Waals surface area contributed by atoms with Gasteiger partial charge in [-0.1, -0.05) is 32.9 Å². The number of benzene rings is 2. The molecular formula is C21H20O5. The van der Waals surface area contributed by atoms with E-state index in [4.69, 9.17) is 4.42 Å². The van der Waals surface area contributed by atoms with Crippen molar-refractivity contribution in [2.75, 3.05) is 0 Å². The van der Waals surface area contributed by atoms with Crippen LogP contribution >= 0.6 is 0 Å². The van der Waals surface area contributed by atoms with Crippen molar-refractivity contribution in [2.24, 2.45) is 5.41 Å². The van der Waals surface area contributed by atoms with E-state index in [1.165, 1.54) is 24.3 Å². The number of allylic oxidation sites excluding steroid dienone is 1. The highest BCUT2D eigenvalue weighted by molar-refractivity contribution is 5.91. The van der Waals surface area contributed by atoms with Crippen molar-refractivity contribution in [3.63, 3.8) is 0 Å². The molecule has 3 rings (SSSR count). The third-order valence-corrected chi connectivity index (χ3v) is 3.91. The van der Waals surface area contributed by atoms with Crippen molar-refractivity contribution >= 4 is 17.0 Å². The number of phenols is 3. The van der Waals surface area contributed by atoms with Crippen LogP contribution in [0.15, 0.2) is 51.7 Å². The standard InChI is InChI=1S/C21H20O5/c1-21(2,3)9-8-14-15(23)10-18-19(20(14)25)16(24)11-17(26-18)12-4-6-13(22)7-5-12/h4-11,22-23,25H,1-3H3/b9-8+. The highest BCUT2D eigenvalue weighted by Crippen LogP contribution is 2.37. The second-order valence-electron chi connectivity index (χ2n) is 7.25. The maximum Gasteiger partial charge on any atom is 0.197 e. The van der Waals surface area contributed by atoms with Gasteiger partial charge in [0.15, 0.2) is 5.43 Å². The lowest BCUT2D eigenvalue weighted by atomic mass is 9.94. The molecule has 0 aliphatic heterocycles. The first-order valence-electron chi connectivity index (χ1n) is 8.17. The molecule has 3 aromatic rings. The van der Waals surface area contributed by atoms with Gasteiger partial charge in [-0.05, 0) is 29.7 Å². The third-order valence-electron chi connectivity index (χ3n) is 3.91. The molecular weight excluding hydrogens is 332 g/mol. The van der Waals surface area contributed by atoms with Crippen molar-refractivity contribution in [3.8, 4) is 28.6 Å². The minimum Gasteiger partial charge on any atom is -0.508 e. The van der Waals surface area contributed by atoms with Crippen LogP contribution in [0.5, 0.6) is 17.2 Å². The predicted octanol–water partition coefficient (Wildman–Crippen LogP) is 4.64. The van der Waals surface area contributed by atoms with E-state index in [0.29, 0.717) is 5.56 Å². The molecule has 0 atom stereocenters. The van der Waals surface area contributed by atoms with Crippen LogP contribution in [-0.2, 0) is 0 Å². The summed E-state index contributed by atoms with van der Waals surface area (Å²) in [5.74, 6) is -0.116. The number of fused-ring (bicyclic) bond motifs is 1. The fourth-order valence-electron chi connectivity index (χ4n) is 2.57. The monoisotopic (exact) mass is 352 g/mol. The summed E-state index contributed by atoms with van der Waals surface area (Å²) in [6, 6.07) is 8.79. The Balaban J connectivity index is 2.20. The van der Waals surface area contributed by atoms with E-state index in [-0.39, 0.29) is 45.0 Å². The van der Waals surface area contributed by atoms with Crippen LogP contribution in [0.4, 0.5) is 0 Å². The maximum absolute atomic E-state index is 12.6. The van der Waals surface area contributed by atoms with E-state index in [9.17, 15) is 20.1 Å². The summed E-state index contributed by atoms with van der Waals surface area (Å²) in [4.78, 5) is 12.6. The van der Waals surface area contributed by atoms with Gasteiger partial charge in [0, 0.05) is 17.7 Å². The van der Waals surface area contributed by atoms with Gasteiger partial charge in [-0.25, -0.2) is 0 Å². The highest BCUT2D eigenvalue weighted by atomic mass is 16.3. The first kappa shape index (κ1) is 17.6. The molecule has 0 saturated heterocycles. The largest absolute Gasteiger partial charge is 0.508 e. The van der Waals surface area contributed by atoms with E-state index in [2.05, 4.69) is 0 Å². The van der Waals surface area contributed by atoms with Gasteiger partial charge in [0.2, 0.25) is 0 Å². The van der Waals surface area contributed by atoms with Crippen molar-refractivity contribution in [1.29, 1.82) is 0 Å². The zero-order valence-electron chi connectivity index (χ0n) is 14.8. The van der Waals surface area contributed by atoms with Crippen molar-refractivity contribution < 1.29 is 19.7 Å². The van der Waals surface area contributed by atoms with Crippen LogP contribution in [0.25, 0.3) is 28.4 Å². The Hall–Kier alpha value is -3.21. The van der Waals surface area contributed by atoms with Crippen LogP contribution in [0.3, 0.4) is 0 Å². The first-order chi connectivity index (χ1) is 12.2. The van der Waals surface area contributed by atoms with Gasteiger partial charge in [0.05, 0.1) is 5.56 Å². The zero-order valence-corrected chi connectivity index (χ0v) is 14.8. The summed E-state index contributed by atoms with van der Waals surface area (Å²) in [7, 11) is 0. The number of aromatic hydroxyl groups is 3. The molecule has 5 heteroatoms. The van der Waals surface area contributed by atoms with Crippen molar-refractivity contribution in [3.05, 3.63) is 58.3 Å². The van der Waals surface area contributed by atoms with Gasteiger partial charge in [0.25, 0.3) is 0 Å².